The second-order valence-electron chi connectivity index (χ2n) is 3.44. The van der Waals surface area contributed by atoms with Crippen LogP contribution >= 0.6 is 22.6 Å². The SMILES string of the molecule is CC(CO)(CO)NCc1ccc(I)o1. The highest BCUT2D eigenvalue weighted by molar-refractivity contribution is 14.1. The van der Waals surface area contributed by atoms with Gasteiger partial charge in [-0.2, -0.15) is 0 Å². The molecule has 0 aliphatic heterocycles. The Morgan fingerprint density at radius 1 is 1.43 bits per heavy atom. The lowest BCUT2D eigenvalue weighted by Crippen LogP contribution is -2.48. The van der Waals surface area contributed by atoms with Crippen LogP contribution in [-0.2, 0) is 6.54 Å². The van der Waals surface area contributed by atoms with Gasteiger partial charge in [0.1, 0.15) is 5.76 Å². The molecule has 0 saturated carbocycles. The standard InChI is InChI=1S/C9H14INO3/c1-9(5-12,6-13)11-4-7-2-3-8(10)14-7/h2-3,11-13H,4-6H2,1H3. The van der Waals surface area contributed by atoms with Crippen LogP contribution in [0.25, 0.3) is 0 Å². The van der Waals surface area contributed by atoms with E-state index in [1.807, 2.05) is 12.1 Å². The summed E-state index contributed by atoms with van der Waals surface area (Å²) < 4.78 is 6.16. The number of rotatable bonds is 5. The zero-order chi connectivity index (χ0) is 10.6. The molecule has 0 atom stereocenters. The maximum Gasteiger partial charge on any atom is 0.164 e. The van der Waals surface area contributed by atoms with Crippen molar-refractivity contribution in [2.24, 2.45) is 0 Å². The van der Waals surface area contributed by atoms with E-state index in [-0.39, 0.29) is 13.2 Å². The summed E-state index contributed by atoms with van der Waals surface area (Å²) in [7, 11) is 0. The molecular formula is C9H14INO3. The first-order chi connectivity index (χ1) is 6.59. The highest BCUT2D eigenvalue weighted by atomic mass is 127. The quantitative estimate of drug-likeness (QED) is 0.701. The van der Waals surface area contributed by atoms with Gasteiger partial charge in [-0.3, -0.25) is 0 Å². The molecule has 14 heavy (non-hydrogen) atoms. The fourth-order valence-corrected chi connectivity index (χ4v) is 1.37. The average molecular weight is 311 g/mol. The molecule has 1 aromatic rings. The maximum atomic E-state index is 9.01. The topological polar surface area (TPSA) is 65.6 Å². The van der Waals surface area contributed by atoms with Gasteiger partial charge >= 0.3 is 0 Å². The molecule has 0 fully saturated rings. The minimum atomic E-state index is -0.655. The van der Waals surface area contributed by atoms with Crippen molar-refractivity contribution in [3.8, 4) is 0 Å². The summed E-state index contributed by atoms with van der Waals surface area (Å²) in [5.41, 5.74) is -0.655. The molecule has 0 amide bonds. The van der Waals surface area contributed by atoms with Crippen LogP contribution in [0, 0.1) is 3.77 Å². The third-order valence-electron chi connectivity index (χ3n) is 2.02. The highest BCUT2D eigenvalue weighted by Crippen LogP contribution is 2.11. The van der Waals surface area contributed by atoms with Crippen molar-refractivity contribution in [1.82, 2.24) is 5.32 Å². The van der Waals surface area contributed by atoms with Crippen LogP contribution in [0.1, 0.15) is 12.7 Å². The molecule has 0 aliphatic rings. The molecule has 0 aromatic carbocycles. The Kier molecular flexibility index (Phi) is 4.36. The van der Waals surface area contributed by atoms with Gasteiger partial charge < -0.3 is 19.9 Å². The second kappa shape index (κ2) is 5.11. The van der Waals surface area contributed by atoms with E-state index in [0.717, 1.165) is 9.53 Å². The van der Waals surface area contributed by atoms with Gasteiger partial charge in [-0.25, -0.2) is 0 Å². The Labute approximate surface area is 96.5 Å². The van der Waals surface area contributed by atoms with E-state index >= 15 is 0 Å². The molecule has 1 aromatic heterocycles. The number of aliphatic hydroxyl groups is 2. The fraction of sp³-hybridized carbons (Fsp3) is 0.556. The molecule has 0 spiro atoms. The van der Waals surface area contributed by atoms with Gasteiger partial charge in [0.05, 0.1) is 25.3 Å². The first-order valence-corrected chi connectivity index (χ1v) is 5.38. The number of nitrogens with one attached hydrogen (secondary N) is 1. The molecule has 1 rings (SSSR count). The lowest BCUT2D eigenvalue weighted by atomic mass is 10.1. The van der Waals surface area contributed by atoms with Crippen molar-refractivity contribution < 1.29 is 14.6 Å². The van der Waals surface area contributed by atoms with Gasteiger partial charge in [0.15, 0.2) is 3.77 Å². The molecule has 5 heteroatoms. The number of aliphatic hydroxyl groups excluding tert-OH is 2. The number of halogens is 1. The van der Waals surface area contributed by atoms with E-state index in [0.29, 0.717) is 6.54 Å². The monoisotopic (exact) mass is 311 g/mol. The Morgan fingerprint density at radius 2 is 2.07 bits per heavy atom. The van der Waals surface area contributed by atoms with Crippen LogP contribution in [0.2, 0.25) is 0 Å². The third kappa shape index (κ3) is 3.23. The van der Waals surface area contributed by atoms with E-state index in [2.05, 4.69) is 27.9 Å². The smallest absolute Gasteiger partial charge is 0.164 e. The van der Waals surface area contributed by atoms with Gasteiger partial charge in [-0.15, -0.1) is 0 Å². The lowest BCUT2D eigenvalue weighted by Gasteiger charge is -2.25. The van der Waals surface area contributed by atoms with E-state index in [1.165, 1.54) is 0 Å². The first kappa shape index (κ1) is 12.0. The summed E-state index contributed by atoms with van der Waals surface area (Å²) in [5, 5.41) is 21.1. The minimum absolute atomic E-state index is 0.110. The first-order valence-electron chi connectivity index (χ1n) is 4.30. The lowest BCUT2D eigenvalue weighted by molar-refractivity contribution is 0.101. The molecule has 0 aliphatic carbocycles. The molecule has 0 bridgehead atoms. The largest absolute Gasteiger partial charge is 0.454 e. The number of hydrogen-bond acceptors (Lipinski definition) is 4. The van der Waals surface area contributed by atoms with E-state index in [4.69, 9.17) is 14.6 Å². The average Bonchev–Trinajstić information content (AvgIpc) is 2.61. The van der Waals surface area contributed by atoms with Crippen LogP contribution in [0.5, 0.6) is 0 Å². The molecule has 0 saturated heterocycles. The molecule has 3 N–H and O–H groups in total. The van der Waals surface area contributed by atoms with Gasteiger partial charge in [0.25, 0.3) is 0 Å². The molecule has 0 unspecified atom stereocenters. The van der Waals surface area contributed by atoms with Crippen LogP contribution < -0.4 is 5.32 Å². The van der Waals surface area contributed by atoms with Crippen molar-refractivity contribution in [2.75, 3.05) is 13.2 Å². The number of furan rings is 1. The van der Waals surface area contributed by atoms with Crippen LogP contribution in [0.4, 0.5) is 0 Å². The van der Waals surface area contributed by atoms with Crippen LogP contribution in [-0.4, -0.2) is 29.0 Å². The van der Waals surface area contributed by atoms with Gasteiger partial charge in [-0.05, 0) is 41.6 Å². The summed E-state index contributed by atoms with van der Waals surface area (Å²) in [5.74, 6) is 0.794. The van der Waals surface area contributed by atoms with Crippen LogP contribution in [0.15, 0.2) is 16.5 Å². The summed E-state index contributed by atoms with van der Waals surface area (Å²) in [6.45, 7) is 2.03. The third-order valence-corrected chi connectivity index (χ3v) is 2.60. The van der Waals surface area contributed by atoms with Gasteiger partial charge in [0.2, 0.25) is 0 Å². The maximum absolute atomic E-state index is 9.01. The highest BCUT2D eigenvalue weighted by Gasteiger charge is 2.21. The Balaban J connectivity index is 2.47. The molecule has 1 heterocycles. The summed E-state index contributed by atoms with van der Waals surface area (Å²) in [6.07, 6.45) is 0. The number of hydrogen-bond donors (Lipinski definition) is 3. The Hall–Kier alpha value is -0.110. The normalized spacial score (nSPS) is 12.0. The summed E-state index contributed by atoms with van der Waals surface area (Å²) in [6, 6.07) is 3.73. The Bertz CT molecular complexity index is 283. The molecule has 0 radical (unpaired) electrons. The van der Waals surface area contributed by atoms with E-state index < -0.39 is 5.54 Å². The van der Waals surface area contributed by atoms with Gasteiger partial charge in [0, 0.05) is 0 Å². The summed E-state index contributed by atoms with van der Waals surface area (Å²) >= 11 is 2.09. The van der Waals surface area contributed by atoms with Crippen molar-refractivity contribution in [3.05, 3.63) is 21.7 Å². The van der Waals surface area contributed by atoms with Crippen molar-refractivity contribution in [1.29, 1.82) is 0 Å². The van der Waals surface area contributed by atoms with Gasteiger partial charge in [-0.1, -0.05) is 0 Å². The summed E-state index contributed by atoms with van der Waals surface area (Å²) in [4.78, 5) is 0. The van der Waals surface area contributed by atoms with E-state index in [9.17, 15) is 0 Å². The molecule has 4 nitrogen and oxygen atoms in total. The zero-order valence-corrected chi connectivity index (χ0v) is 10.1. The van der Waals surface area contributed by atoms with Crippen molar-refractivity contribution in [2.45, 2.75) is 19.0 Å². The molecule has 80 valence electrons. The minimum Gasteiger partial charge on any atom is -0.454 e. The zero-order valence-electron chi connectivity index (χ0n) is 7.96. The Morgan fingerprint density at radius 3 is 2.50 bits per heavy atom. The van der Waals surface area contributed by atoms with Crippen molar-refractivity contribution in [3.63, 3.8) is 0 Å². The van der Waals surface area contributed by atoms with Crippen LogP contribution in [0.3, 0.4) is 0 Å². The fourth-order valence-electron chi connectivity index (χ4n) is 0.909. The molecular weight excluding hydrogens is 297 g/mol. The predicted molar refractivity (Wildman–Crippen MR) is 60.8 cm³/mol. The predicted octanol–water partition coefficient (Wildman–Crippen LogP) is 0.717. The second-order valence-corrected chi connectivity index (χ2v) is 4.50. The van der Waals surface area contributed by atoms with E-state index in [1.54, 1.807) is 6.92 Å². The van der Waals surface area contributed by atoms with Crippen molar-refractivity contribution >= 4 is 22.6 Å².